The van der Waals surface area contributed by atoms with Gasteiger partial charge in [-0.2, -0.15) is 0 Å². The standard InChI is InChI=1S/C14H18N4O/c1-9(2)11-5-4-6-12(17-11)14(19)18-13-7-15-8-16-10(13)3/h6-9H,4-5H2,1-3H3,(H,18,19). The predicted molar refractivity (Wildman–Crippen MR) is 75.0 cm³/mol. The van der Waals surface area contributed by atoms with Crippen molar-refractivity contribution in [3.8, 4) is 0 Å². The Morgan fingerprint density at radius 2 is 2.21 bits per heavy atom. The summed E-state index contributed by atoms with van der Waals surface area (Å²) in [5.41, 5.74) is 2.93. The maximum atomic E-state index is 12.1. The number of anilines is 1. The van der Waals surface area contributed by atoms with E-state index < -0.39 is 0 Å². The Labute approximate surface area is 112 Å². The number of hydrogen-bond donors (Lipinski definition) is 1. The first-order valence-corrected chi connectivity index (χ1v) is 6.43. The number of aliphatic imine (C=N–C) groups is 1. The van der Waals surface area contributed by atoms with E-state index in [2.05, 4.69) is 34.1 Å². The fraction of sp³-hybridized carbons (Fsp3) is 0.429. The molecule has 1 aliphatic heterocycles. The van der Waals surface area contributed by atoms with Crippen molar-refractivity contribution in [2.75, 3.05) is 5.32 Å². The van der Waals surface area contributed by atoms with Crippen LogP contribution >= 0.6 is 0 Å². The first-order chi connectivity index (χ1) is 9.08. The van der Waals surface area contributed by atoms with E-state index in [1.165, 1.54) is 6.33 Å². The van der Waals surface area contributed by atoms with Crippen molar-refractivity contribution < 1.29 is 4.79 Å². The third-order valence-electron chi connectivity index (χ3n) is 3.06. The van der Waals surface area contributed by atoms with E-state index in [0.717, 1.165) is 24.2 Å². The molecule has 2 rings (SSSR count). The van der Waals surface area contributed by atoms with Gasteiger partial charge in [0.1, 0.15) is 12.0 Å². The Morgan fingerprint density at radius 1 is 1.42 bits per heavy atom. The van der Waals surface area contributed by atoms with E-state index in [0.29, 0.717) is 17.3 Å². The maximum absolute atomic E-state index is 12.1. The smallest absolute Gasteiger partial charge is 0.274 e. The van der Waals surface area contributed by atoms with Crippen LogP contribution in [-0.2, 0) is 4.79 Å². The van der Waals surface area contributed by atoms with Crippen LogP contribution in [0.5, 0.6) is 0 Å². The normalized spacial score (nSPS) is 14.9. The number of hydrogen-bond acceptors (Lipinski definition) is 4. The van der Waals surface area contributed by atoms with E-state index in [9.17, 15) is 4.79 Å². The van der Waals surface area contributed by atoms with Crippen molar-refractivity contribution in [2.45, 2.75) is 33.6 Å². The number of aromatic nitrogens is 2. The Bertz CT molecular complexity index is 546. The van der Waals surface area contributed by atoms with Crippen molar-refractivity contribution in [3.05, 3.63) is 30.0 Å². The van der Waals surface area contributed by atoms with E-state index >= 15 is 0 Å². The fourth-order valence-electron chi connectivity index (χ4n) is 1.87. The molecule has 0 aliphatic carbocycles. The Hall–Kier alpha value is -2.04. The summed E-state index contributed by atoms with van der Waals surface area (Å²) in [4.78, 5) is 24.5. The van der Waals surface area contributed by atoms with Gasteiger partial charge in [-0.15, -0.1) is 0 Å². The second-order valence-corrected chi connectivity index (χ2v) is 4.86. The molecule has 1 aromatic heterocycles. The van der Waals surface area contributed by atoms with Gasteiger partial charge in [0.05, 0.1) is 17.6 Å². The zero-order valence-electron chi connectivity index (χ0n) is 11.5. The molecule has 1 aromatic rings. The monoisotopic (exact) mass is 258 g/mol. The predicted octanol–water partition coefficient (Wildman–Crippen LogP) is 2.50. The SMILES string of the molecule is Cc1ncncc1NC(=O)C1=CCCC(C(C)C)=N1. The topological polar surface area (TPSA) is 67.2 Å². The fourth-order valence-corrected chi connectivity index (χ4v) is 1.87. The van der Waals surface area contributed by atoms with Gasteiger partial charge >= 0.3 is 0 Å². The summed E-state index contributed by atoms with van der Waals surface area (Å²) in [7, 11) is 0. The van der Waals surface area contributed by atoms with Crippen LogP contribution in [0.15, 0.2) is 29.3 Å². The number of aryl methyl sites for hydroxylation is 1. The summed E-state index contributed by atoms with van der Waals surface area (Å²) in [6.07, 6.45) is 6.73. The molecule has 0 saturated heterocycles. The highest BCUT2D eigenvalue weighted by molar-refractivity contribution is 6.06. The zero-order valence-corrected chi connectivity index (χ0v) is 11.5. The minimum atomic E-state index is -0.198. The molecule has 0 atom stereocenters. The molecule has 0 radical (unpaired) electrons. The third-order valence-corrected chi connectivity index (χ3v) is 3.06. The molecule has 5 nitrogen and oxygen atoms in total. The molecular weight excluding hydrogens is 240 g/mol. The number of nitrogens with one attached hydrogen (secondary N) is 1. The van der Waals surface area contributed by atoms with E-state index in [1.807, 2.05) is 13.0 Å². The third kappa shape index (κ3) is 3.24. The summed E-state index contributed by atoms with van der Waals surface area (Å²) in [6.45, 7) is 6.01. The van der Waals surface area contributed by atoms with Crippen LogP contribution < -0.4 is 5.32 Å². The van der Waals surface area contributed by atoms with Gasteiger partial charge in [0, 0.05) is 5.71 Å². The molecule has 0 fully saturated rings. The highest BCUT2D eigenvalue weighted by Crippen LogP contribution is 2.18. The molecule has 0 aromatic carbocycles. The Kier molecular flexibility index (Phi) is 4.04. The number of nitrogens with zero attached hydrogens (tertiary/aromatic N) is 3. The van der Waals surface area contributed by atoms with Crippen molar-refractivity contribution in [1.82, 2.24) is 9.97 Å². The van der Waals surface area contributed by atoms with Gasteiger partial charge in [0.2, 0.25) is 0 Å². The minimum Gasteiger partial charge on any atom is -0.318 e. The molecule has 0 saturated carbocycles. The number of rotatable bonds is 3. The molecule has 1 aliphatic rings. The number of carbonyl (C=O) groups excluding carboxylic acids is 1. The van der Waals surface area contributed by atoms with Crippen LogP contribution in [0.3, 0.4) is 0 Å². The minimum absolute atomic E-state index is 0.198. The van der Waals surface area contributed by atoms with Crippen molar-refractivity contribution in [3.63, 3.8) is 0 Å². The molecule has 0 spiro atoms. The summed E-state index contributed by atoms with van der Waals surface area (Å²) in [5.74, 6) is 0.175. The highest BCUT2D eigenvalue weighted by Gasteiger charge is 2.16. The second kappa shape index (κ2) is 5.73. The number of allylic oxidation sites excluding steroid dienone is 1. The van der Waals surface area contributed by atoms with Gasteiger partial charge in [-0.1, -0.05) is 19.9 Å². The molecule has 2 heterocycles. The van der Waals surface area contributed by atoms with Gasteiger partial charge < -0.3 is 5.32 Å². The van der Waals surface area contributed by atoms with Gasteiger partial charge in [-0.25, -0.2) is 9.97 Å². The zero-order chi connectivity index (χ0) is 13.8. The van der Waals surface area contributed by atoms with Crippen molar-refractivity contribution in [1.29, 1.82) is 0 Å². The van der Waals surface area contributed by atoms with Crippen LogP contribution in [0, 0.1) is 12.8 Å². The van der Waals surface area contributed by atoms with Crippen LogP contribution in [0.4, 0.5) is 5.69 Å². The largest absolute Gasteiger partial charge is 0.318 e. The van der Waals surface area contributed by atoms with Crippen molar-refractivity contribution in [2.24, 2.45) is 10.9 Å². The lowest BCUT2D eigenvalue weighted by molar-refractivity contribution is -0.112. The Morgan fingerprint density at radius 3 is 2.89 bits per heavy atom. The second-order valence-electron chi connectivity index (χ2n) is 4.86. The van der Waals surface area contributed by atoms with Crippen LogP contribution in [0.25, 0.3) is 0 Å². The summed E-state index contributed by atoms with van der Waals surface area (Å²) < 4.78 is 0. The highest BCUT2D eigenvalue weighted by atomic mass is 16.2. The van der Waals surface area contributed by atoms with Crippen LogP contribution in [0.2, 0.25) is 0 Å². The van der Waals surface area contributed by atoms with Gasteiger partial charge in [-0.05, 0) is 25.7 Å². The average Bonchev–Trinajstić information content (AvgIpc) is 2.41. The lowest BCUT2D eigenvalue weighted by atomic mass is 10.0. The molecule has 0 unspecified atom stereocenters. The first kappa shape index (κ1) is 13.4. The molecular formula is C14H18N4O. The quantitative estimate of drug-likeness (QED) is 0.905. The van der Waals surface area contributed by atoms with Crippen LogP contribution in [-0.4, -0.2) is 21.6 Å². The lowest BCUT2D eigenvalue weighted by Gasteiger charge is -2.15. The molecule has 1 N–H and O–H groups in total. The first-order valence-electron chi connectivity index (χ1n) is 6.43. The average molecular weight is 258 g/mol. The number of carbonyl (C=O) groups is 1. The Balaban J connectivity index is 2.13. The van der Waals surface area contributed by atoms with Gasteiger partial charge in [-0.3, -0.25) is 9.79 Å². The molecule has 100 valence electrons. The maximum Gasteiger partial charge on any atom is 0.274 e. The molecule has 19 heavy (non-hydrogen) atoms. The van der Waals surface area contributed by atoms with Crippen molar-refractivity contribution >= 4 is 17.3 Å². The molecule has 5 heteroatoms. The van der Waals surface area contributed by atoms with E-state index in [4.69, 9.17) is 0 Å². The summed E-state index contributed by atoms with van der Waals surface area (Å²) in [5, 5.41) is 2.80. The summed E-state index contributed by atoms with van der Waals surface area (Å²) >= 11 is 0. The lowest BCUT2D eigenvalue weighted by Crippen LogP contribution is -2.19. The van der Waals surface area contributed by atoms with Gasteiger partial charge in [0.15, 0.2) is 0 Å². The van der Waals surface area contributed by atoms with E-state index in [-0.39, 0.29) is 5.91 Å². The summed E-state index contributed by atoms with van der Waals surface area (Å²) in [6, 6.07) is 0. The van der Waals surface area contributed by atoms with Crippen LogP contribution in [0.1, 0.15) is 32.4 Å². The molecule has 0 bridgehead atoms. The van der Waals surface area contributed by atoms with E-state index in [1.54, 1.807) is 6.20 Å². The van der Waals surface area contributed by atoms with Gasteiger partial charge in [0.25, 0.3) is 5.91 Å². The molecule has 1 amide bonds. The number of amides is 1.